The van der Waals surface area contributed by atoms with Crippen LogP contribution in [0, 0.1) is 0 Å². The van der Waals surface area contributed by atoms with Crippen LogP contribution in [-0.2, 0) is 9.47 Å². The molecular formula is C11H12ClNO3. The van der Waals surface area contributed by atoms with Crippen LogP contribution in [-0.4, -0.2) is 24.7 Å². The highest BCUT2D eigenvalue weighted by molar-refractivity contribution is 6.30. The van der Waals surface area contributed by atoms with Gasteiger partial charge in [0.25, 0.3) is 0 Å². The van der Waals surface area contributed by atoms with Gasteiger partial charge in [-0.3, -0.25) is 4.98 Å². The summed E-state index contributed by atoms with van der Waals surface area (Å²) in [5.41, 5.74) is 0.589. The number of pyridine rings is 1. The van der Waals surface area contributed by atoms with E-state index in [-0.39, 0.29) is 5.56 Å². The summed E-state index contributed by atoms with van der Waals surface area (Å²) < 4.78 is 9.82. The molecule has 5 heteroatoms. The summed E-state index contributed by atoms with van der Waals surface area (Å²) in [6.07, 6.45) is 1.42. The molecule has 0 N–H and O–H groups in total. The second-order valence-electron chi connectivity index (χ2n) is 2.90. The van der Waals surface area contributed by atoms with Crippen LogP contribution in [0.3, 0.4) is 0 Å². The number of nitrogens with zero attached hydrogens (tertiary/aromatic N) is 1. The molecule has 1 aromatic rings. The average molecular weight is 242 g/mol. The molecule has 0 atom stereocenters. The molecule has 0 amide bonds. The van der Waals surface area contributed by atoms with Crippen LogP contribution in [0.5, 0.6) is 0 Å². The molecule has 1 rings (SSSR count). The van der Waals surface area contributed by atoms with Gasteiger partial charge in [0.1, 0.15) is 11.5 Å². The van der Waals surface area contributed by atoms with Crippen LogP contribution in [0.1, 0.15) is 23.0 Å². The van der Waals surface area contributed by atoms with E-state index in [0.717, 1.165) is 0 Å². The second kappa shape index (κ2) is 5.51. The number of hydrogen-bond donors (Lipinski definition) is 0. The summed E-state index contributed by atoms with van der Waals surface area (Å²) in [5.74, 6) is -0.203. The van der Waals surface area contributed by atoms with Crippen molar-refractivity contribution in [1.29, 1.82) is 0 Å². The molecular weight excluding hydrogens is 230 g/mol. The van der Waals surface area contributed by atoms with Crippen LogP contribution in [0.25, 0.3) is 5.76 Å². The van der Waals surface area contributed by atoms with Crippen molar-refractivity contribution < 1.29 is 14.3 Å². The zero-order chi connectivity index (χ0) is 12.1. The molecule has 0 aliphatic heterocycles. The SMILES string of the molecule is C=C(OCC)c1ncc(Cl)cc1C(=O)OC. The minimum atomic E-state index is -0.522. The van der Waals surface area contributed by atoms with Gasteiger partial charge in [0.15, 0.2) is 0 Å². The lowest BCUT2D eigenvalue weighted by atomic mass is 10.2. The third-order valence-corrected chi connectivity index (χ3v) is 2.05. The first kappa shape index (κ1) is 12.5. The van der Waals surface area contributed by atoms with Gasteiger partial charge in [0, 0.05) is 6.20 Å². The van der Waals surface area contributed by atoms with Gasteiger partial charge >= 0.3 is 5.97 Å². The molecule has 0 aromatic carbocycles. The lowest BCUT2D eigenvalue weighted by Crippen LogP contribution is -2.08. The number of aromatic nitrogens is 1. The first-order valence-electron chi connectivity index (χ1n) is 4.66. The van der Waals surface area contributed by atoms with Crippen molar-refractivity contribution in [2.45, 2.75) is 6.92 Å². The number of esters is 1. The molecule has 0 radical (unpaired) electrons. The summed E-state index contributed by atoms with van der Waals surface area (Å²) in [6, 6.07) is 1.47. The highest BCUT2D eigenvalue weighted by Crippen LogP contribution is 2.20. The third-order valence-electron chi connectivity index (χ3n) is 1.84. The molecule has 0 fully saturated rings. The first-order valence-corrected chi connectivity index (χ1v) is 5.03. The zero-order valence-corrected chi connectivity index (χ0v) is 9.87. The Bertz CT molecular complexity index is 418. The highest BCUT2D eigenvalue weighted by Gasteiger charge is 2.16. The fraction of sp³-hybridized carbons (Fsp3) is 0.273. The number of carbonyl (C=O) groups excluding carboxylic acids is 1. The number of rotatable bonds is 4. The molecule has 86 valence electrons. The van der Waals surface area contributed by atoms with E-state index in [9.17, 15) is 4.79 Å². The van der Waals surface area contributed by atoms with Gasteiger partial charge < -0.3 is 9.47 Å². The molecule has 4 nitrogen and oxygen atoms in total. The van der Waals surface area contributed by atoms with Gasteiger partial charge in [-0.25, -0.2) is 4.79 Å². The number of hydrogen-bond acceptors (Lipinski definition) is 4. The average Bonchev–Trinajstić information content (AvgIpc) is 2.28. The van der Waals surface area contributed by atoms with Crippen molar-refractivity contribution >= 4 is 23.3 Å². The molecule has 0 unspecified atom stereocenters. The molecule has 1 heterocycles. The van der Waals surface area contributed by atoms with Crippen molar-refractivity contribution in [3.8, 4) is 0 Å². The lowest BCUT2D eigenvalue weighted by Gasteiger charge is -2.10. The van der Waals surface area contributed by atoms with Crippen molar-refractivity contribution in [3.05, 3.63) is 35.1 Å². The Hall–Kier alpha value is -1.55. The molecule has 0 bridgehead atoms. The van der Waals surface area contributed by atoms with Gasteiger partial charge in [-0.1, -0.05) is 18.2 Å². The topological polar surface area (TPSA) is 48.4 Å². The van der Waals surface area contributed by atoms with E-state index in [0.29, 0.717) is 23.1 Å². The number of ether oxygens (including phenoxy) is 2. The van der Waals surface area contributed by atoms with Crippen LogP contribution in [0.4, 0.5) is 0 Å². The summed E-state index contributed by atoms with van der Waals surface area (Å²) >= 11 is 5.76. The van der Waals surface area contributed by atoms with E-state index in [1.165, 1.54) is 19.4 Å². The van der Waals surface area contributed by atoms with Crippen LogP contribution in [0.15, 0.2) is 18.8 Å². The maximum atomic E-state index is 11.5. The quantitative estimate of drug-likeness (QED) is 0.600. The Morgan fingerprint density at radius 2 is 2.31 bits per heavy atom. The Kier molecular flexibility index (Phi) is 4.31. The molecule has 0 spiro atoms. The minimum Gasteiger partial charge on any atom is -0.492 e. The number of carbonyl (C=O) groups is 1. The molecule has 0 aliphatic rings. The highest BCUT2D eigenvalue weighted by atomic mass is 35.5. The fourth-order valence-electron chi connectivity index (χ4n) is 1.17. The van der Waals surface area contributed by atoms with Gasteiger partial charge in [-0.15, -0.1) is 0 Å². The molecule has 0 aliphatic carbocycles. The van der Waals surface area contributed by atoms with Crippen LogP contribution >= 0.6 is 11.6 Å². The van der Waals surface area contributed by atoms with Crippen LogP contribution in [0.2, 0.25) is 5.02 Å². The molecule has 0 saturated carbocycles. The van der Waals surface area contributed by atoms with Crippen molar-refractivity contribution in [3.63, 3.8) is 0 Å². The summed E-state index contributed by atoms with van der Waals surface area (Å²) in [4.78, 5) is 15.5. The maximum absolute atomic E-state index is 11.5. The van der Waals surface area contributed by atoms with Gasteiger partial charge in [-0.05, 0) is 13.0 Å². The van der Waals surface area contributed by atoms with Crippen LogP contribution < -0.4 is 0 Å². The van der Waals surface area contributed by atoms with Crippen molar-refractivity contribution in [1.82, 2.24) is 4.98 Å². The van der Waals surface area contributed by atoms with Gasteiger partial charge in [0.05, 0.1) is 24.3 Å². The van der Waals surface area contributed by atoms with Gasteiger partial charge in [-0.2, -0.15) is 0 Å². The van der Waals surface area contributed by atoms with Gasteiger partial charge in [0.2, 0.25) is 0 Å². The fourth-order valence-corrected chi connectivity index (χ4v) is 1.33. The second-order valence-corrected chi connectivity index (χ2v) is 3.33. The molecule has 1 aromatic heterocycles. The summed E-state index contributed by atoms with van der Waals surface area (Å²) in [6.45, 7) is 5.95. The Morgan fingerprint density at radius 3 is 2.88 bits per heavy atom. The molecule has 0 saturated heterocycles. The van der Waals surface area contributed by atoms with Crippen molar-refractivity contribution in [2.75, 3.05) is 13.7 Å². The predicted octanol–water partition coefficient (Wildman–Crippen LogP) is 2.53. The normalized spacial score (nSPS) is 9.69. The standard InChI is InChI=1S/C11H12ClNO3/c1-4-16-7(2)10-9(11(14)15-3)5-8(12)6-13-10/h5-6H,2,4H2,1,3H3. The monoisotopic (exact) mass is 241 g/mol. The predicted molar refractivity (Wildman–Crippen MR) is 61.2 cm³/mol. The van der Waals surface area contributed by atoms with E-state index in [4.69, 9.17) is 16.3 Å². The Morgan fingerprint density at radius 1 is 1.62 bits per heavy atom. The maximum Gasteiger partial charge on any atom is 0.340 e. The van der Waals surface area contributed by atoms with Crippen molar-refractivity contribution in [2.24, 2.45) is 0 Å². The summed E-state index contributed by atoms with van der Waals surface area (Å²) in [5, 5.41) is 0.355. The Balaban J connectivity index is 3.17. The minimum absolute atomic E-state index is 0.244. The molecule has 16 heavy (non-hydrogen) atoms. The van der Waals surface area contributed by atoms with E-state index in [1.807, 2.05) is 6.92 Å². The van der Waals surface area contributed by atoms with E-state index < -0.39 is 5.97 Å². The number of methoxy groups -OCH3 is 1. The first-order chi connectivity index (χ1) is 7.60. The summed E-state index contributed by atoms with van der Waals surface area (Å²) in [7, 11) is 1.29. The third kappa shape index (κ3) is 2.73. The van der Waals surface area contributed by atoms with E-state index in [2.05, 4.69) is 16.3 Å². The number of halogens is 1. The Labute approximate surface area is 98.8 Å². The lowest BCUT2D eigenvalue weighted by molar-refractivity contribution is 0.0599. The smallest absolute Gasteiger partial charge is 0.340 e. The van der Waals surface area contributed by atoms with E-state index >= 15 is 0 Å². The largest absolute Gasteiger partial charge is 0.492 e. The van der Waals surface area contributed by atoms with E-state index in [1.54, 1.807) is 0 Å². The zero-order valence-electron chi connectivity index (χ0n) is 9.12.